The van der Waals surface area contributed by atoms with Crippen molar-refractivity contribution in [3.63, 3.8) is 0 Å². The van der Waals surface area contributed by atoms with Crippen molar-refractivity contribution in [3.05, 3.63) is 57.7 Å². The molecular weight excluding hydrogens is 196 g/mol. The predicted octanol–water partition coefficient (Wildman–Crippen LogP) is 1.90. The molecule has 1 aromatic carbocycles. The van der Waals surface area contributed by atoms with Gasteiger partial charge in [0.05, 0.1) is 5.69 Å². The molecule has 1 N–H and O–H groups in total. The number of hydrogen-bond donors (Lipinski definition) is 1. The molecule has 14 heavy (non-hydrogen) atoms. The zero-order valence-electron chi connectivity index (χ0n) is 7.31. The number of hydrogen-bond acceptors (Lipinski definition) is 2. The van der Waals surface area contributed by atoms with Gasteiger partial charge < -0.3 is 0 Å². The van der Waals surface area contributed by atoms with Crippen LogP contribution in [0, 0.1) is 4.64 Å². The van der Waals surface area contributed by atoms with Crippen molar-refractivity contribution in [3.8, 4) is 5.69 Å². The third kappa shape index (κ3) is 1.65. The molecule has 4 heteroatoms. The lowest BCUT2D eigenvalue weighted by molar-refractivity contribution is 0.908. The number of benzene rings is 1. The van der Waals surface area contributed by atoms with Crippen molar-refractivity contribution in [2.24, 2.45) is 0 Å². The van der Waals surface area contributed by atoms with Crippen molar-refractivity contribution in [2.75, 3.05) is 0 Å². The van der Waals surface area contributed by atoms with Gasteiger partial charge in [-0.05, 0) is 18.2 Å². The number of rotatable bonds is 1. The van der Waals surface area contributed by atoms with E-state index in [0.717, 1.165) is 5.69 Å². The number of para-hydroxylation sites is 1. The van der Waals surface area contributed by atoms with Crippen LogP contribution in [0.15, 0.2) is 47.4 Å². The molecule has 2 rings (SSSR count). The topological polar surface area (TPSA) is 37.8 Å². The fraction of sp³-hybridized carbons (Fsp3) is 0. The van der Waals surface area contributed by atoms with Crippen LogP contribution < -0.4 is 5.69 Å². The summed E-state index contributed by atoms with van der Waals surface area (Å²) < 4.78 is 1.96. The molecule has 0 saturated heterocycles. The van der Waals surface area contributed by atoms with Crippen molar-refractivity contribution < 1.29 is 0 Å². The van der Waals surface area contributed by atoms with Gasteiger partial charge in [-0.2, -0.15) is 0 Å². The van der Waals surface area contributed by atoms with Gasteiger partial charge >= 0.3 is 5.69 Å². The number of H-pyrrole nitrogens is 1. The van der Waals surface area contributed by atoms with Crippen LogP contribution in [-0.4, -0.2) is 9.55 Å². The van der Waals surface area contributed by atoms with Crippen molar-refractivity contribution in [2.45, 2.75) is 0 Å². The molecule has 0 spiro atoms. The van der Waals surface area contributed by atoms with E-state index in [2.05, 4.69) is 4.98 Å². The minimum absolute atomic E-state index is 0.219. The molecule has 0 aliphatic carbocycles. The highest BCUT2D eigenvalue weighted by Crippen LogP contribution is 2.02. The summed E-state index contributed by atoms with van der Waals surface area (Å²) in [6.45, 7) is 0. The van der Waals surface area contributed by atoms with E-state index < -0.39 is 0 Å². The fourth-order valence-electron chi connectivity index (χ4n) is 1.21. The maximum atomic E-state index is 11.5. The Morgan fingerprint density at radius 1 is 1.14 bits per heavy atom. The third-order valence-electron chi connectivity index (χ3n) is 1.86. The molecule has 2 aromatic rings. The van der Waals surface area contributed by atoms with Crippen LogP contribution in [0.5, 0.6) is 0 Å². The third-order valence-corrected chi connectivity index (χ3v) is 2.10. The summed E-state index contributed by atoms with van der Waals surface area (Å²) in [4.78, 5) is 14.0. The Morgan fingerprint density at radius 3 is 2.50 bits per heavy atom. The van der Waals surface area contributed by atoms with Crippen molar-refractivity contribution in [1.29, 1.82) is 0 Å². The second kappa shape index (κ2) is 3.59. The van der Waals surface area contributed by atoms with Crippen LogP contribution in [0.2, 0.25) is 0 Å². The molecule has 70 valence electrons. The summed E-state index contributed by atoms with van der Waals surface area (Å²) in [7, 11) is 0. The zero-order chi connectivity index (χ0) is 9.97. The van der Waals surface area contributed by atoms with Gasteiger partial charge in [0.1, 0.15) is 4.64 Å². The van der Waals surface area contributed by atoms with Crippen LogP contribution >= 0.6 is 12.2 Å². The fourth-order valence-corrected chi connectivity index (χ4v) is 1.36. The molecule has 1 heterocycles. The van der Waals surface area contributed by atoms with Crippen LogP contribution in [0.25, 0.3) is 5.69 Å². The van der Waals surface area contributed by atoms with Crippen molar-refractivity contribution in [1.82, 2.24) is 9.55 Å². The maximum Gasteiger partial charge on any atom is 0.331 e. The molecule has 0 fully saturated rings. The quantitative estimate of drug-likeness (QED) is 0.720. The molecule has 0 atom stereocenters. The summed E-state index contributed by atoms with van der Waals surface area (Å²) in [5.74, 6) is 0. The van der Waals surface area contributed by atoms with Gasteiger partial charge in [-0.25, -0.2) is 4.79 Å². The molecule has 0 unspecified atom stereocenters. The van der Waals surface area contributed by atoms with E-state index >= 15 is 0 Å². The normalized spacial score (nSPS) is 10.0. The monoisotopic (exact) mass is 204 g/mol. The van der Waals surface area contributed by atoms with Crippen molar-refractivity contribution >= 4 is 12.2 Å². The lowest BCUT2D eigenvalue weighted by Gasteiger charge is -2.02. The average molecular weight is 204 g/mol. The molecule has 0 radical (unpaired) electrons. The Bertz CT molecular complexity index is 542. The summed E-state index contributed by atoms with van der Waals surface area (Å²) in [6.07, 6.45) is 1.66. The Morgan fingerprint density at radius 2 is 1.86 bits per heavy atom. The number of aromatic nitrogens is 2. The second-order valence-corrected chi connectivity index (χ2v) is 3.26. The highest BCUT2D eigenvalue weighted by molar-refractivity contribution is 7.71. The van der Waals surface area contributed by atoms with E-state index in [1.165, 1.54) is 4.57 Å². The van der Waals surface area contributed by atoms with Gasteiger partial charge in [0.15, 0.2) is 0 Å². The number of nitrogens with one attached hydrogen (secondary N) is 1. The largest absolute Gasteiger partial charge is 0.331 e. The standard InChI is InChI=1S/C10H8N2OS/c13-10-11-9(14)6-7-12(10)8-4-2-1-3-5-8/h1-7H,(H,11,13,14). The summed E-state index contributed by atoms with van der Waals surface area (Å²) in [5, 5.41) is 0. The average Bonchev–Trinajstić information content (AvgIpc) is 2.19. The molecule has 0 aliphatic rings. The minimum Gasteiger partial charge on any atom is -0.298 e. The zero-order valence-corrected chi connectivity index (χ0v) is 8.12. The minimum atomic E-state index is -0.219. The molecule has 3 nitrogen and oxygen atoms in total. The van der Waals surface area contributed by atoms with Gasteiger partial charge in [0.2, 0.25) is 0 Å². The molecular formula is C10H8N2OS. The van der Waals surface area contributed by atoms with E-state index in [-0.39, 0.29) is 5.69 Å². The highest BCUT2D eigenvalue weighted by Gasteiger charge is 1.96. The lowest BCUT2D eigenvalue weighted by atomic mass is 10.3. The van der Waals surface area contributed by atoms with E-state index in [9.17, 15) is 4.79 Å². The summed E-state index contributed by atoms with van der Waals surface area (Å²) >= 11 is 4.84. The Labute approximate surface area is 85.7 Å². The molecule has 0 saturated carbocycles. The molecule has 0 aliphatic heterocycles. The van der Waals surface area contributed by atoms with Crippen LogP contribution in [0.4, 0.5) is 0 Å². The van der Waals surface area contributed by atoms with Gasteiger partial charge in [-0.1, -0.05) is 30.4 Å². The summed E-state index contributed by atoms with van der Waals surface area (Å²) in [5.41, 5.74) is 0.604. The Hall–Kier alpha value is -1.68. The lowest BCUT2D eigenvalue weighted by Crippen LogP contribution is -2.20. The second-order valence-electron chi connectivity index (χ2n) is 2.82. The number of nitrogens with zero attached hydrogens (tertiary/aromatic N) is 1. The molecule has 0 amide bonds. The predicted molar refractivity (Wildman–Crippen MR) is 57.2 cm³/mol. The maximum absolute atomic E-state index is 11.5. The first-order chi connectivity index (χ1) is 6.77. The van der Waals surface area contributed by atoms with Gasteiger partial charge in [-0.3, -0.25) is 9.55 Å². The van der Waals surface area contributed by atoms with Gasteiger partial charge in [0.25, 0.3) is 0 Å². The molecule has 1 aromatic heterocycles. The first kappa shape index (κ1) is 8.90. The molecule has 0 bridgehead atoms. The van der Waals surface area contributed by atoms with Gasteiger partial charge in [0, 0.05) is 6.20 Å². The first-order valence-corrected chi connectivity index (χ1v) is 4.55. The van der Waals surface area contributed by atoms with Gasteiger partial charge in [-0.15, -0.1) is 0 Å². The summed E-state index contributed by atoms with van der Waals surface area (Å²) in [6, 6.07) is 11.1. The highest BCUT2D eigenvalue weighted by atomic mass is 32.1. The van der Waals surface area contributed by atoms with E-state index in [1.54, 1.807) is 12.3 Å². The Balaban J connectivity index is 2.64. The van der Waals surface area contributed by atoms with E-state index in [1.807, 2.05) is 30.3 Å². The van der Waals surface area contributed by atoms with E-state index in [0.29, 0.717) is 4.64 Å². The van der Waals surface area contributed by atoms with Crippen LogP contribution in [0.3, 0.4) is 0 Å². The smallest absolute Gasteiger partial charge is 0.298 e. The van der Waals surface area contributed by atoms with E-state index in [4.69, 9.17) is 12.2 Å². The van der Waals surface area contributed by atoms with Crippen LogP contribution in [-0.2, 0) is 0 Å². The first-order valence-electron chi connectivity index (χ1n) is 4.15. The van der Waals surface area contributed by atoms with Crippen LogP contribution in [0.1, 0.15) is 0 Å². The SMILES string of the molecule is O=c1[nH]c(=S)ccn1-c1ccccc1. The number of aromatic amines is 1. The Kier molecular flexibility index (Phi) is 2.28.